The van der Waals surface area contributed by atoms with Crippen LogP contribution in [0.15, 0.2) is 12.7 Å². The van der Waals surface area contributed by atoms with Crippen LogP contribution in [-0.4, -0.2) is 24.3 Å². The summed E-state index contributed by atoms with van der Waals surface area (Å²) in [4.78, 5) is 0. The summed E-state index contributed by atoms with van der Waals surface area (Å²) in [5, 5.41) is 12.8. The van der Waals surface area contributed by atoms with Gasteiger partial charge in [-0.3, -0.25) is 0 Å². The van der Waals surface area contributed by atoms with E-state index in [0.717, 1.165) is 19.4 Å². The first-order valence-corrected chi connectivity index (χ1v) is 4.75. The van der Waals surface area contributed by atoms with Gasteiger partial charge in [0.15, 0.2) is 0 Å². The molecule has 0 fully saturated rings. The third kappa shape index (κ3) is 4.52. The highest BCUT2D eigenvalue weighted by Crippen LogP contribution is 2.11. The van der Waals surface area contributed by atoms with E-state index in [2.05, 4.69) is 25.7 Å². The van der Waals surface area contributed by atoms with E-state index in [9.17, 15) is 5.11 Å². The van der Waals surface area contributed by atoms with E-state index in [-0.39, 0.29) is 6.10 Å². The Hall–Kier alpha value is -0.340. The lowest BCUT2D eigenvalue weighted by Crippen LogP contribution is -2.32. The van der Waals surface area contributed by atoms with E-state index in [0.29, 0.717) is 12.5 Å². The van der Waals surface area contributed by atoms with Crippen molar-refractivity contribution in [2.45, 2.75) is 32.8 Å². The molecule has 0 saturated carbocycles. The van der Waals surface area contributed by atoms with Crippen LogP contribution in [0.25, 0.3) is 0 Å². The smallest absolute Gasteiger partial charge is 0.0692 e. The van der Waals surface area contributed by atoms with Crippen LogP contribution in [0.3, 0.4) is 0 Å². The van der Waals surface area contributed by atoms with Crippen LogP contribution in [0.1, 0.15) is 26.7 Å². The van der Waals surface area contributed by atoms with Gasteiger partial charge in [0.1, 0.15) is 0 Å². The average molecular weight is 171 g/mol. The maximum atomic E-state index is 9.64. The third-order valence-electron chi connectivity index (χ3n) is 2.24. The molecular formula is C10H21NO. The zero-order valence-corrected chi connectivity index (χ0v) is 8.21. The third-order valence-corrected chi connectivity index (χ3v) is 2.24. The van der Waals surface area contributed by atoms with Crippen LogP contribution in [0, 0.1) is 5.92 Å². The van der Waals surface area contributed by atoms with Crippen LogP contribution in [0.4, 0.5) is 0 Å². The van der Waals surface area contributed by atoms with Crippen LogP contribution < -0.4 is 5.32 Å². The number of hydrogen-bond donors (Lipinski definition) is 2. The molecule has 0 rings (SSSR count). The largest absolute Gasteiger partial charge is 0.392 e. The highest BCUT2D eigenvalue weighted by atomic mass is 16.3. The first kappa shape index (κ1) is 11.7. The zero-order valence-electron chi connectivity index (χ0n) is 8.21. The van der Waals surface area contributed by atoms with E-state index < -0.39 is 0 Å². The molecule has 0 aromatic rings. The van der Waals surface area contributed by atoms with Crippen LogP contribution in [0.2, 0.25) is 0 Å². The Labute approximate surface area is 75.7 Å². The minimum Gasteiger partial charge on any atom is -0.392 e. The van der Waals surface area contributed by atoms with Crippen molar-refractivity contribution in [3.05, 3.63) is 12.7 Å². The molecule has 0 saturated heterocycles. The van der Waals surface area contributed by atoms with E-state index in [1.54, 1.807) is 6.08 Å². The van der Waals surface area contributed by atoms with Crippen molar-refractivity contribution in [2.24, 2.45) is 5.92 Å². The molecule has 0 aliphatic heterocycles. The predicted octanol–water partition coefficient (Wildman–Crippen LogP) is 1.56. The first-order valence-electron chi connectivity index (χ1n) is 4.75. The highest BCUT2D eigenvalue weighted by Gasteiger charge is 2.13. The second-order valence-electron chi connectivity index (χ2n) is 3.09. The topological polar surface area (TPSA) is 32.3 Å². The second kappa shape index (κ2) is 7.32. The molecule has 2 heteroatoms. The van der Waals surface area contributed by atoms with Gasteiger partial charge < -0.3 is 10.4 Å². The molecule has 0 bridgehead atoms. The minimum atomic E-state index is -0.208. The van der Waals surface area contributed by atoms with Crippen LogP contribution in [0.5, 0.6) is 0 Å². The Balaban J connectivity index is 3.53. The molecule has 1 unspecified atom stereocenters. The summed E-state index contributed by atoms with van der Waals surface area (Å²) in [6, 6.07) is 0. The van der Waals surface area contributed by atoms with Crippen molar-refractivity contribution in [1.29, 1.82) is 0 Å². The average Bonchev–Trinajstić information content (AvgIpc) is 2.07. The zero-order chi connectivity index (χ0) is 9.40. The molecule has 0 aliphatic rings. The van der Waals surface area contributed by atoms with Crippen LogP contribution in [-0.2, 0) is 0 Å². The molecule has 0 spiro atoms. The molecule has 1 atom stereocenters. The molecule has 0 radical (unpaired) electrons. The fourth-order valence-electron chi connectivity index (χ4n) is 1.33. The van der Waals surface area contributed by atoms with Gasteiger partial charge in [-0.1, -0.05) is 32.8 Å². The van der Waals surface area contributed by atoms with Gasteiger partial charge in [-0.15, -0.1) is 6.58 Å². The molecular weight excluding hydrogens is 150 g/mol. The molecule has 2 N–H and O–H groups in total. The molecule has 2 nitrogen and oxygen atoms in total. The Kier molecular flexibility index (Phi) is 7.11. The summed E-state index contributed by atoms with van der Waals surface area (Å²) >= 11 is 0. The Bertz CT molecular complexity index is 110. The SMILES string of the molecule is C=CCNCC(O)C(CC)CC. The first-order chi connectivity index (χ1) is 5.76. The number of hydrogen-bond acceptors (Lipinski definition) is 2. The Morgan fingerprint density at radius 3 is 2.42 bits per heavy atom. The van der Waals surface area contributed by atoms with E-state index in [1.807, 2.05) is 0 Å². The molecule has 0 heterocycles. The fraction of sp³-hybridized carbons (Fsp3) is 0.800. The van der Waals surface area contributed by atoms with Gasteiger partial charge in [0.05, 0.1) is 6.10 Å². The van der Waals surface area contributed by atoms with Gasteiger partial charge in [0, 0.05) is 13.1 Å². The summed E-state index contributed by atoms with van der Waals surface area (Å²) in [5.41, 5.74) is 0. The summed E-state index contributed by atoms with van der Waals surface area (Å²) in [5.74, 6) is 0.433. The van der Waals surface area contributed by atoms with Gasteiger partial charge in [-0.2, -0.15) is 0 Å². The number of rotatable bonds is 7. The minimum absolute atomic E-state index is 0.208. The lowest BCUT2D eigenvalue weighted by molar-refractivity contribution is 0.103. The Morgan fingerprint density at radius 1 is 1.42 bits per heavy atom. The molecule has 0 aliphatic carbocycles. The number of aliphatic hydroxyl groups excluding tert-OH is 1. The van der Waals surface area contributed by atoms with Crippen molar-refractivity contribution < 1.29 is 5.11 Å². The second-order valence-corrected chi connectivity index (χ2v) is 3.09. The lowest BCUT2D eigenvalue weighted by Gasteiger charge is -2.19. The van der Waals surface area contributed by atoms with Gasteiger partial charge in [-0.05, 0) is 5.92 Å². The summed E-state index contributed by atoms with van der Waals surface area (Å²) in [6.07, 6.45) is 3.69. The van der Waals surface area contributed by atoms with Gasteiger partial charge in [-0.25, -0.2) is 0 Å². The van der Waals surface area contributed by atoms with Crippen molar-refractivity contribution in [3.8, 4) is 0 Å². The lowest BCUT2D eigenvalue weighted by atomic mass is 9.97. The maximum Gasteiger partial charge on any atom is 0.0692 e. The van der Waals surface area contributed by atoms with Gasteiger partial charge in [0.25, 0.3) is 0 Å². The number of nitrogens with one attached hydrogen (secondary N) is 1. The quantitative estimate of drug-likeness (QED) is 0.450. The van der Waals surface area contributed by atoms with Crippen molar-refractivity contribution in [3.63, 3.8) is 0 Å². The van der Waals surface area contributed by atoms with Gasteiger partial charge in [0.2, 0.25) is 0 Å². The predicted molar refractivity (Wildman–Crippen MR) is 53.1 cm³/mol. The molecule has 12 heavy (non-hydrogen) atoms. The van der Waals surface area contributed by atoms with Crippen molar-refractivity contribution in [1.82, 2.24) is 5.32 Å². The van der Waals surface area contributed by atoms with E-state index >= 15 is 0 Å². The van der Waals surface area contributed by atoms with Crippen LogP contribution >= 0.6 is 0 Å². The summed E-state index contributed by atoms with van der Waals surface area (Å²) in [6.45, 7) is 9.28. The molecule has 72 valence electrons. The summed E-state index contributed by atoms with van der Waals surface area (Å²) < 4.78 is 0. The van der Waals surface area contributed by atoms with E-state index in [1.165, 1.54) is 0 Å². The highest BCUT2D eigenvalue weighted by molar-refractivity contribution is 4.73. The molecule has 0 aromatic heterocycles. The fourth-order valence-corrected chi connectivity index (χ4v) is 1.33. The molecule has 0 aromatic carbocycles. The number of aliphatic hydroxyl groups is 1. The molecule has 0 amide bonds. The monoisotopic (exact) mass is 171 g/mol. The van der Waals surface area contributed by atoms with Crippen molar-refractivity contribution >= 4 is 0 Å². The maximum absolute atomic E-state index is 9.64. The standard InChI is InChI=1S/C10H21NO/c1-4-7-11-8-10(12)9(5-2)6-3/h4,9-12H,1,5-8H2,2-3H3. The Morgan fingerprint density at radius 2 is 2.00 bits per heavy atom. The van der Waals surface area contributed by atoms with Crippen molar-refractivity contribution in [2.75, 3.05) is 13.1 Å². The normalized spacial score (nSPS) is 13.3. The van der Waals surface area contributed by atoms with E-state index in [4.69, 9.17) is 0 Å². The summed E-state index contributed by atoms with van der Waals surface area (Å²) in [7, 11) is 0. The van der Waals surface area contributed by atoms with Gasteiger partial charge >= 0.3 is 0 Å².